The van der Waals surface area contributed by atoms with Gasteiger partial charge in [0, 0.05) is 31.3 Å². The molecule has 2 aromatic rings. The highest BCUT2D eigenvalue weighted by Gasteiger charge is 2.32. The van der Waals surface area contributed by atoms with E-state index >= 15 is 0 Å². The average Bonchev–Trinajstić information content (AvgIpc) is 3.06. The Morgan fingerprint density at radius 2 is 2.04 bits per heavy atom. The smallest absolute Gasteiger partial charge is 0.378 e. The second-order valence-corrected chi connectivity index (χ2v) is 6.46. The van der Waals surface area contributed by atoms with Gasteiger partial charge >= 0.3 is 6.18 Å². The molecule has 5 nitrogen and oxygen atoms in total. The number of rotatable bonds is 4. The van der Waals surface area contributed by atoms with Crippen LogP contribution in [0.4, 0.5) is 18.2 Å². The number of morpholine rings is 1. The summed E-state index contributed by atoms with van der Waals surface area (Å²) >= 11 is 1.29. The normalized spacial score (nSPS) is 15.4. The molecule has 1 aliphatic rings. The molecule has 0 N–H and O–H groups in total. The fourth-order valence-corrected chi connectivity index (χ4v) is 3.58. The minimum Gasteiger partial charge on any atom is -0.378 e. The van der Waals surface area contributed by atoms with E-state index in [-0.39, 0.29) is 5.78 Å². The second-order valence-electron chi connectivity index (χ2n) is 5.48. The summed E-state index contributed by atoms with van der Waals surface area (Å²) in [5, 5.41) is 1.23. The number of hydrogen-bond donors (Lipinski definition) is 0. The number of Topliss-reactive ketones (excluding diaryl/α,β-unsaturated/α-hetero) is 1. The van der Waals surface area contributed by atoms with Crippen LogP contribution in [0.5, 0.6) is 0 Å². The Hall–Kier alpha value is -2.00. The number of aromatic nitrogens is 2. The molecule has 0 aliphatic carbocycles. The summed E-state index contributed by atoms with van der Waals surface area (Å²) in [6.07, 6.45) is -3.03. The SMILES string of the molecule is CCC(=O)c1nc(-c2ccc(C(F)(F)F)nc2)sc1N1CCOCC1. The van der Waals surface area contributed by atoms with Gasteiger partial charge in [-0.2, -0.15) is 13.2 Å². The van der Waals surface area contributed by atoms with Crippen LogP contribution >= 0.6 is 11.3 Å². The molecular formula is C16H16F3N3O2S. The summed E-state index contributed by atoms with van der Waals surface area (Å²) in [5.41, 5.74) is -0.127. The Morgan fingerprint density at radius 1 is 1.32 bits per heavy atom. The van der Waals surface area contributed by atoms with Crippen molar-refractivity contribution >= 4 is 22.1 Å². The predicted octanol–water partition coefficient (Wildman–Crippen LogP) is 3.65. The van der Waals surface area contributed by atoms with Crippen LogP contribution in [0, 0.1) is 0 Å². The van der Waals surface area contributed by atoms with Gasteiger partial charge < -0.3 is 9.64 Å². The van der Waals surface area contributed by atoms with Gasteiger partial charge in [-0.1, -0.05) is 18.3 Å². The quantitative estimate of drug-likeness (QED) is 0.768. The molecule has 3 rings (SSSR count). The van der Waals surface area contributed by atoms with Gasteiger partial charge in [0.05, 0.1) is 13.2 Å². The number of halogens is 3. The minimum atomic E-state index is -4.48. The van der Waals surface area contributed by atoms with Crippen molar-refractivity contribution in [2.75, 3.05) is 31.2 Å². The topological polar surface area (TPSA) is 55.3 Å². The van der Waals surface area contributed by atoms with Crippen LogP contribution in [0.25, 0.3) is 10.6 Å². The maximum absolute atomic E-state index is 12.6. The number of anilines is 1. The zero-order valence-corrected chi connectivity index (χ0v) is 14.3. The maximum Gasteiger partial charge on any atom is 0.433 e. The van der Waals surface area contributed by atoms with Crippen molar-refractivity contribution < 1.29 is 22.7 Å². The predicted molar refractivity (Wildman–Crippen MR) is 88.0 cm³/mol. The summed E-state index contributed by atoms with van der Waals surface area (Å²) < 4.78 is 43.3. The number of carbonyl (C=O) groups is 1. The van der Waals surface area contributed by atoms with Gasteiger partial charge in [-0.05, 0) is 12.1 Å². The van der Waals surface area contributed by atoms with Gasteiger partial charge in [0.25, 0.3) is 0 Å². The Kier molecular flexibility index (Phi) is 5.05. The van der Waals surface area contributed by atoms with E-state index in [2.05, 4.69) is 9.97 Å². The van der Waals surface area contributed by atoms with Crippen molar-refractivity contribution in [1.82, 2.24) is 9.97 Å². The van der Waals surface area contributed by atoms with Crippen LogP contribution in [-0.2, 0) is 10.9 Å². The van der Waals surface area contributed by atoms with Crippen LogP contribution in [0.15, 0.2) is 18.3 Å². The molecule has 2 aromatic heterocycles. The summed E-state index contributed by atoms with van der Waals surface area (Å²) in [4.78, 5) is 22.1. The van der Waals surface area contributed by atoms with E-state index in [1.165, 1.54) is 17.4 Å². The zero-order chi connectivity index (χ0) is 18.0. The summed E-state index contributed by atoms with van der Waals surface area (Å²) in [7, 11) is 0. The standard InChI is InChI=1S/C16H16F3N3O2S/c1-2-11(23)13-15(22-5-7-24-8-6-22)25-14(21-13)10-3-4-12(20-9-10)16(17,18)19/h3-4,9H,2,5-8H2,1H3. The molecule has 25 heavy (non-hydrogen) atoms. The van der Waals surface area contributed by atoms with Crippen LogP contribution in [0.1, 0.15) is 29.5 Å². The molecule has 0 bridgehead atoms. The molecule has 0 atom stereocenters. The monoisotopic (exact) mass is 371 g/mol. The van der Waals surface area contributed by atoms with E-state index in [0.29, 0.717) is 49.0 Å². The summed E-state index contributed by atoms with van der Waals surface area (Å²) in [5.74, 6) is -0.0936. The van der Waals surface area contributed by atoms with Crippen molar-refractivity contribution in [3.8, 4) is 10.6 Å². The highest BCUT2D eigenvalue weighted by Crippen LogP contribution is 2.36. The molecule has 1 aliphatic heterocycles. The number of hydrogen-bond acceptors (Lipinski definition) is 6. The number of pyridine rings is 1. The summed E-state index contributed by atoms with van der Waals surface area (Å²) in [6, 6.07) is 2.25. The largest absolute Gasteiger partial charge is 0.433 e. The first-order valence-electron chi connectivity index (χ1n) is 7.80. The lowest BCUT2D eigenvalue weighted by Crippen LogP contribution is -2.36. The first kappa shape index (κ1) is 17.8. The maximum atomic E-state index is 12.6. The lowest BCUT2D eigenvalue weighted by molar-refractivity contribution is -0.141. The van der Waals surface area contributed by atoms with Crippen molar-refractivity contribution in [3.63, 3.8) is 0 Å². The van der Waals surface area contributed by atoms with E-state index in [1.54, 1.807) is 6.92 Å². The van der Waals surface area contributed by atoms with E-state index in [9.17, 15) is 18.0 Å². The van der Waals surface area contributed by atoms with Gasteiger partial charge in [-0.25, -0.2) is 4.98 Å². The molecule has 1 saturated heterocycles. The lowest BCUT2D eigenvalue weighted by Gasteiger charge is -2.27. The van der Waals surface area contributed by atoms with Crippen molar-refractivity contribution in [1.29, 1.82) is 0 Å². The van der Waals surface area contributed by atoms with Crippen molar-refractivity contribution in [2.24, 2.45) is 0 Å². The Bertz CT molecular complexity index is 753. The van der Waals surface area contributed by atoms with Crippen molar-refractivity contribution in [2.45, 2.75) is 19.5 Å². The number of ketones is 1. The van der Waals surface area contributed by atoms with Gasteiger partial charge in [-0.3, -0.25) is 9.78 Å². The van der Waals surface area contributed by atoms with Gasteiger partial charge in [-0.15, -0.1) is 0 Å². The number of ether oxygens (including phenoxy) is 1. The Labute approximate surface area is 146 Å². The Morgan fingerprint density at radius 3 is 2.60 bits per heavy atom. The fourth-order valence-electron chi connectivity index (χ4n) is 2.45. The van der Waals surface area contributed by atoms with Crippen LogP contribution < -0.4 is 4.90 Å². The van der Waals surface area contributed by atoms with E-state index in [1.807, 2.05) is 4.90 Å². The highest BCUT2D eigenvalue weighted by molar-refractivity contribution is 7.19. The molecule has 0 unspecified atom stereocenters. The molecule has 1 fully saturated rings. The van der Waals surface area contributed by atoms with Gasteiger partial charge in [0.2, 0.25) is 0 Å². The van der Waals surface area contributed by atoms with Gasteiger partial charge in [0.1, 0.15) is 21.4 Å². The molecule has 0 amide bonds. The second kappa shape index (κ2) is 7.09. The van der Waals surface area contributed by atoms with Crippen LogP contribution in [-0.4, -0.2) is 42.1 Å². The molecule has 9 heteroatoms. The molecule has 0 saturated carbocycles. The first-order chi connectivity index (χ1) is 11.9. The third-order valence-corrected chi connectivity index (χ3v) is 4.96. The zero-order valence-electron chi connectivity index (χ0n) is 13.5. The Balaban J connectivity index is 1.96. The third-order valence-electron chi connectivity index (χ3n) is 3.79. The number of nitrogens with zero attached hydrogens (tertiary/aromatic N) is 3. The van der Waals surface area contributed by atoms with Gasteiger partial charge in [0.15, 0.2) is 5.78 Å². The molecular weight excluding hydrogens is 355 g/mol. The van der Waals surface area contributed by atoms with Crippen LogP contribution in [0.3, 0.4) is 0 Å². The number of carbonyl (C=O) groups excluding carboxylic acids is 1. The lowest BCUT2D eigenvalue weighted by atomic mass is 10.2. The number of thiazole rings is 1. The highest BCUT2D eigenvalue weighted by atomic mass is 32.1. The van der Waals surface area contributed by atoms with E-state index in [4.69, 9.17) is 4.74 Å². The molecule has 134 valence electrons. The van der Waals surface area contributed by atoms with E-state index < -0.39 is 11.9 Å². The van der Waals surface area contributed by atoms with E-state index in [0.717, 1.165) is 17.3 Å². The number of alkyl halides is 3. The van der Waals surface area contributed by atoms with Crippen LogP contribution in [0.2, 0.25) is 0 Å². The first-order valence-corrected chi connectivity index (χ1v) is 8.62. The molecule has 0 aromatic carbocycles. The third kappa shape index (κ3) is 3.82. The molecule has 0 radical (unpaired) electrons. The average molecular weight is 371 g/mol. The fraction of sp³-hybridized carbons (Fsp3) is 0.438. The molecule has 0 spiro atoms. The summed E-state index contributed by atoms with van der Waals surface area (Å²) in [6.45, 7) is 4.18. The van der Waals surface area contributed by atoms with Crippen molar-refractivity contribution in [3.05, 3.63) is 29.7 Å². The minimum absolute atomic E-state index is 0.0936. The molecule has 3 heterocycles.